The van der Waals surface area contributed by atoms with Gasteiger partial charge in [-0.2, -0.15) is 0 Å². The zero-order valence-corrected chi connectivity index (χ0v) is 16.4. The summed E-state index contributed by atoms with van der Waals surface area (Å²) in [7, 11) is 0. The molecule has 2 aliphatic rings. The molecule has 0 radical (unpaired) electrons. The number of aliphatic carboxylic acids is 1. The van der Waals surface area contributed by atoms with Crippen molar-refractivity contribution in [3.63, 3.8) is 0 Å². The van der Waals surface area contributed by atoms with Gasteiger partial charge < -0.3 is 14.4 Å². The lowest BCUT2D eigenvalue weighted by Crippen LogP contribution is -2.47. The predicted molar refractivity (Wildman–Crippen MR) is 104 cm³/mol. The molecule has 2 aromatic rings. The summed E-state index contributed by atoms with van der Waals surface area (Å²) in [6, 6.07) is 7.44. The lowest BCUT2D eigenvalue weighted by Gasteiger charge is -2.33. The molecular weight excluding hydrogens is 356 g/mol. The van der Waals surface area contributed by atoms with Gasteiger partial charge in [0.05, 0.1) is 19.7 Å². The Morgan fingerprint density at radius 2 is 2.07 bits per heavy atom. The molecule has 150 valence electrons. The smallest absolute Gasteiger partial charge is 0.322 e. The number of hydrogen-bond donors (Lipinski definition) is 1. The molecule has 0 saturated heterocycles. The fourth-order valence-corrected chi connectivity index (χ4v) is 4.30. The maximum atomic E-state index is 11.8. The highest BCUT2D eigenvalue weighted by Gasteiger charge is 2.33. The average Bonchev–Trinajstić information content (AvgIpc) is 3.07. The van der Waals surface area contributed by atoms with Crippen LogP contribution in [0.3, 0.4) is 0 Å². The van der Waals surface area contributed by atoms with Gasteiger partial charge in [0.15, 0.2) is 0 Å². The molecule has 1 aliphatic heterocycles. The zero-order chi connectivity index (χ0) is 19.5. The summed E-state index contributed by atoms with van der Waals surface area (Å²) in [5.41, 5.74) is 1.05. The quantitative estimate of drug-likeness (QED) is 0.825. The number of fused-ring (bicyclic) bond motifs is 1. The molecule has 1 aliphatic carbocycles. The van der Waals surface area contributed by atoms with Crippen LogP contribution in [0.15, 0.2) is 24.3 Å². The van der Waals surface area contributed by atoms with Crippen LogP contribution in [0.4, 0.5) is 0 Å². The summed E-state index contributed by atoms with van der Waals surface area (Å²) in [6.45, 7) is 4.03. The highest BCUT2D eigenvalue weighted by Crippen LogP contribution is 2.26. The van der Waals surface area contributed by atoms with Crippen molar-refractivity contribution in [1.82, 2.24) is 19.7 Å². The van der Waals surface area contributed by atoms with Gasteiger partial charge in [-0.3, -0.25) is 9.69 Å². The number of nitrogens with zero attached hydrogens (tertiary/aromatic N) is 4. The number of hydrogen-bond acceptors (Lipinski definition) is 5. The Hall–Kier alpha value is -2.41. The highest BCUT2D eigenvalue weighted by molar-refractivity contribution is 5.73. The van der Waals surface area contributed by atoms with E-state index in [4.69, 9.17) is 4.74 Å². The van der Waals surface area contributed by atoms with Gasteiger partial charge >= 0.3 is 5.97 Å². The SMILES string of the molecule is Cc1nnc2n1CC(C(=O)O)N(Cc1cccc(OCC3CCCCC3)c1)C2. The fourth-order valence-electron chi connectivity index (χ4n) is 4.30. The van der Waals surface area contributed by atoms with Crippen LogP contribution in [0, 0.1) is 12.8 Å². The second kappa shape index (κ2) is 8.31. The van der Waals surface area contributed by atoms with Crippen molar-refractivity contribution in [1.29, 1.82) is 0 Å². The average molecular weight is 384 g/mol. The molecule has 1 unspecified atom stereocenters. The molecule has 7 heteroatoms. The van der Waals surface area contributed by atoms with Gasteiger partial charge in [-0.25, -0.2) is 0 Å². The minimum Gasteiger partial charge on any atom is -0.493 e. The van der Waals surface area contributed by atoms with Gasteiger partial charge in [-0.15, -0.1) is 10.2 Å². The third-order valence-corrected chi connectivity index (χ3v) is 5.93. The van der Waals surface area contributed by atoms with Crippen molar-refractivity contribution >= 4 is 5.97 Å². The van der Waals surface area contributed by atoms with Crippen LogP contribution in [0.5, 0.6) is 5.75 Å². The van der Waals surface area contributed by atoms with E-state index < -0.39 is 12.0 Å². The summed E-state index contributed by atoms with van der Waals surface area (Å²) in [4.78, 5) is 13.8. The van der Waals surface area contributed by atoms with Crippen LogP contribution >= 0.6 is 0 Å². The number of carboxylic acids is 1. The van der Waals surface area contributed by atoms with Gasteiger partial charge in [0.25, 0.3) is 0 Å². The van der Waals surface area contributed by atoms with E-state index >= 15 is 0 Å². The first-order chi connectivity index (χ1) is 13.6. The van der Waals surface area contributed by atoms with E-state index in [0.29, 0.717) is 25.6 Å². The van der Waals surface area contributed by atoms with Crippen molar-refractivity contribution in [3.8, 4) is 5.75 Å². The summed E-state index contributed by atoms with van der Waals surface area (Å²) in [6.07, 6.45) is 6.48. The molecule has 0 bridgehead atoms. The molecule has 1 saturated carbocycles. The van der Waals surface area contributed by atoms with E-state index in [0.717, 1.165) is 29.6 Å². The third kappa shape index (κ3) is 4.19. The summed E-state index contributed by atoms with van der Waals surface area (Å²) in [5, 5.41) is 18.0. The highest BCUT2D eigenvalue weighted by atomic mass is 16.5. The Morgan fingerprint density at radius 3 is 2.86 bits per heavy atom. The molecule has 1 fully saturated rings. The van der Waals surface area contributed by atoms with Gasteiger partial charge in [-0.1, -0.05) is 31.4 Å². The van der Waals surface area contributed by atoms with Crippen molar-refractivity contribution < 1.29 is 14.6 Å². The molecule has 2 heterocycles. The van der Waals surface area contributed by atoms with Crippen LogP contribution in [0.25, 0.3) is 0 Å². The van der Waals surface area contributed by atoms with E-state index in [1.165, 1.54) is 32.1 Å². The molecule has 7 nitrogen and oxygen atoms in total. The first-order valence-corrected chi connectivity index (χ1v) is 10.2. The van der Waals surface area contributed by atoms with E-state index in [9.17, 15) is 9.90 Å². The topological polar surface area (TPSA) is 80.5 Å². The molecular formula is C21H28N4O3. The van der Waals surface area contributed by atoms with E-state index in [1.807, 2.05) is 40.7 Å². The zero-order valence-electron chi connectivity index (χ0n) is 16.4. The Morgan fingerprint density at radius 1 is 1.25 bits per heavy atom. The Bertz CT molecular complexity index is 829. The molecule has 0 amide bonds. The number of benzene rings is 1. The number of rotatable bonds is 6. The maximum absolute atomic E-state index is 11.8. The normalized spacial score (nSPS) is 20.7. The lowest BCUT2D eigenvalue weighted by atomic mass is 9.90. The number of aromatic nitrogens is 3. The first-order valence-electron chi connectivity index (χ1n) is 10.2. The second-order valence-corrected chi connectivity index (χ2v) is 8.00. The predicted octanol–water partition coefficient (Wildman–Crippen LogP) is 3.01. The minimum absolute atomic E-state index is 0.376. The van der Waals surface area contributed by atoms with Crippen molar-refractivity contribution in [2.75, 3.05) is 6.61 Å². The Balaban J connectivity index is 1.43. The maximum Gasteiger partial charge on any atom is 0.322 e. The molecule has 4 rings (SSSR count). The van der Waals surface area contributed by atoms with Gasteiger partial charge in [0.1, 0.15) is 23.4 Å². The Kier molecular flexibility index (Phi) is 5.62. The van der Waals surface area contributed by atoms with E-state index in [1.54, 1.807) is 0 Å². The lowest BCUT2D eigenvalue weighted by molar-refractivity contribution is -0.145. The van der Waals surface area contributed by atoms with Crippen molar-refractivity contribution in [2.45, 2.75) is 64.7 Å². The second-order valence-electron chi connectivity index (χ2n) is 8.00. The standard InChI is InChI=1S/C21H28N4O3/c1-15-22-23-20-13-24(19(21(26)27)12-25(15)20)11-17-8-5-9-18(10-17)28-14-16-6-3-2-4-7-16/h5,8-10,16,19H,2-4,6-7,11-14H2,1H3,(H,26,27). The van der Waals surface area contributed by atoms with Crippen LogP contribution < -0.4 is 4.74 Å². The largest absolute Gasteiger partial charge is 0.493 e. The van der Waals surface area contributed by atoms with E-state index in [-0.39, 0.29) is 0 Å². The molecule has 1 N–H and O–H groups in total. The molecule has 1 atom stereocenters. The van der Waals surface area contributed by atoms with Gasteiger partial charge in [0.2, 0.25) is 0 Å². The van der Waals surface area contributed by atoms with Gasteiger partial charge in [0, 0.05) is 6.54 Å². The van der Waals surface area contributed by atoms with Crippen molar-refractivity contribution in [3.05, 3.63) is 41.5 Å². The monoisotopic (exact) mass is 384 g/mol. The van der Waals surface area contributed by atoms with Crippen LogP contribution in [0.2, 0.25) is 0 Å². The molecule has 1 aromatic carbocycles. The fraction of sp³-hybridized carbons (Fsp3) is 0.571. The first kappa shape index (κ1) is 18.9. The van der Waals surface area contributed by atoms with Crippen molar-refractivity contribution in [2.24, 2.45) is 5.92 Å². The summed E-state index contributed by atoms with van der Waals surface area (Å²) in [5.74, 6) is 2.29. The van der Waals surface area contributed by atoms with Gasteiger partial charge in [-0.05, 0) is 43.4 Å². The van der Waals surface area contributed by atoms with Crippen LogP contribution in [-0.2, 0) is 24.4 Å². The number of aryl methyl sites for hydroxylation is 1. The number of carbonyl (C=O) groups is 1. The van der Waals surface area contributed by atoms with Crippen LogP contribution in [-0.4, -0.2) is 43.4 Å². The number of ether oxygens (including phenoxy) is 1. The Labute approximate surface area is 165 Å². The minimum atomic E-state index is -0.816. The summed E-state index contributed by atoms with van der Waals surface area (Å²) < 4.78 is 7.95. The molecule has 28 heavy (non-hydrogen) atoms. The third-order valence-electron chi connectivity index (χ3n) is 5.93. The molecule has 1 aromatic heterocycles. The van der Waals surface area contributed by atoms with E-state index in [2.05, 4.69) is 10.2 Å². The number of carboxylic acid groups (broad SMARTS) is 1. The molecule has 0 spiro atoms. The summed E-state index contributed by atoms with van der Waals surface area (Å²) >= 11 is 0. The van der Waals surface area contributed by atoms with Crippen LogP contribution in [0.1, 0.15) is 49.3 Å².